The van der Waals surface area contributed by atoms with E-state index in [-0.39, 0.29) is 5.75 Å². The van der Waals surface area contributed by atoms with Crippen molar-refractivity contribution in [2.24, 2.45) is 0 Å². The summed E-state index contributed by atoms with van der Waals surface area (Å²) >= 11 is 4.64. The normalized spacial score (nSPS) is 10.5. The van der Waals surface area contributed by atoms with Gasteiger partial charge in [0.25, 0.3) is 0 Å². The molecule has 0 saturated carbocycles. The molecule has 0 unspecified atom stereocenters. The molecule has 94 valence electrons. The SMILES string of the molecule is O=C(O)CSc1nncn1Cc1ccccc1Br. The van der Waals surface area contributed by atoms with Crippen molar-refractivity contribution < 1.29 is 9.90 Å². The third-order valence-corrected chi connectivity index (χ3v) is 3.94. The van der Waals surface area contributed by atoms with Crippen LogP contribution in [0.3, 0.4) is 0 Å². The molecule has 2 rings (SSSR count). The quantitative estimate of drug-likeness (QED) is 0.853. The van der Waals surface area contributed by atoms with Crippen LogP contribution < -0.4 is 0 Å². The predicted molar refractivity (Wildman–Crippen MR) is 71.6 cm³/mol. The number of hydrogen-bond donors (Lipinski definition) is 1. The molecule has 0 atom stereocenters. The number of aliphatic carboxylic acids is 1. The van der Waals surface area contributed by atoms with E-state index in [1.165, 1.54) is 0 Å². The molecule has 7 heteroatoms. The Hall–Kier alpha value is -1.34. The molecule has 0 bridgehead atoms. The number of carboxylic acids is 1. The van der Waals surface area contributed by atoms with Gasteiger partial charge in [0.05, 0.1) is 12.3 Å². The van der Waals surface area contributed by atoms with Crippen LogP contribution in [-0.2, 0) is 11.3 Å². The van der Waals surface area contributed by atoms with E-state index in [0.29, 0.717) is 11.7 Å². The van der Waals surface area contributed by atoms with Crippen molar-refractivity contribution in [3.8, 4) is 0 Å². The van der Waals surface area contributed by atoms with Gasteiger partial charge >= 0.3 is 5.97 Å². The van der Waals surface area contributed by atoms with E-state index in [0.717, 1.165) is 21.8 Å². The molecule has 0 aliphatic carbocycles. The Kier molecular flexibility index (Phi) is 4.38. The summed E-state index contributed by atoms with van der Waals surface area (Å²) in [4.78, 5) is 10.5. The Bertz CT molecular complexity index is 559. The fraction of sp³-hybridized carbons (Fsp3) is 0.182. The highest BCUT2D eigenvalue weighted by molar-refractivity contribution is 9.10. The molecule has 0 saturated heterocycles. The van der Waals surface area contributed by atoms with Gasteiger partial charge in [0.2, 0.25) is 0 Å². The van der Waals surface area contributed by atoms with Gasteiger partial charge in [-0.05, 0) is 11.6 Å². The summed E-state index contributed by atoms with van der Waals surface area (Å²) in [6.07, 6.45) is 1.60. The van der Waals surface area contributed by atoms with Crippen LogP contribution in [0.5, 0.6) is 0 Å². The molecule has 1 aromatic heterocycles. The summed E-state index contributed by atoms with van der Waals surface area (Å²) in [7, 11) is 0. The van der Waals surface area contributed by atoms with Gasteiger partial charge in [-0.25, -0.2) is 0 Å². The number of rotatable bonds is 5. The number of aromatic nitrogens is 3. The largest absolute Gasteiger partial charge is 0.481 e. The minimum Gasteiger partial charge on any atom is -0.481 e. The summed E-state index contributed by atoms with van der Waals surface area (Å²) in [5.74, 6) is -0.885. The maximum absolute atomic E-state index is 10.5. The van der Waals surface area contributed by atoms with Gasteiger partial charge in [-0.1, -0.05) is 45.9 Å². The molecular formula is C11H10BrN3O2S. The third-order valence-electron chi connectivity index (χ3n) is 2.20. The first kappa shape index (κ1) is 13.1. The molecule has 1 N–H and O–H groups in total. The highest BCUT2D eigenvalue weighted by Gasteiger charge is 2.09. The molecule has 0 spiro atoms. The van der Waals surface area contributed by atoms with Gasteiger partial charge < -0.3 is 9.67 Å². The molecule has 0 aliphatic rings. The Balaban J connectivity index is 2.12. The zero-order chi connectivity index (χ0) is 13.0. The maximum Gasteiger partial charge on any atom is 0.313 e. The van der Waals surface area contributed by atoms with Crippen molar-refractivity contribution in [2.75, 3.05) is 5.75 Å². The number of halogens is 1. The molecule has 1 heterocycles. The first-order chi connectivity index (χ1) is 8.66. The van der Waals surface area contributed by atoms with E-state index < -0.39 is 5.97 Å². The van der Waals surface area contributed by atoms with Crippen LogP contribution in [-0.4, -0.2) is 31.6 Å². The van der Waals surface area contributed by atoms with Crippen LogP contribution in [0.25, 0.3) is 0 Å². The summed E-state index contributed by atoms with van der Waals surface area (Å²) < 4.78 is 2.83. The lowest BCUT2D eigenvalue weighted by Crippen LogP contribution is -2.04. The highest BCUT2D eigenvalue weighted by Crippen LogP contribution is 2.20. The van der Waals surface area contributed by atoms with Gasteiger partial charge in [-0.15, -0.1) is 10.2 Å². The van der Waals surface area contributed by atoms with Gasteiger partial charge in [-0.3, -0.25) is 4.79 Å². The van der Waals surface area contributed by atoms with Crippen LogP contribution in [0.4, 0.5) is 0 Å². The number of nitrogens with zero attached hydrogens (tertiary/aromatic N) is 3. The van der Waals surface area contributed by atoms with Gasteiger partial charge in [0, 0.05) is 4.47 Å². The lowest BCUT2D eigenvalue weighted by Gasteiger charge is -2.07. The molecular weight excluding hydrogens is 318 g/mol. The van der Waals surface area contributed by atoms with E-state index in [9.17, 15) is 4.79 Å². The van der Waals surface area contributed by atoms with Gasteiger partial charge in [-0.2, -0.15) is 0 Å². The van der Waals surface area contributed by atoms with Crippen molar-refractivity contribution >= 4 is 33.7 Å². The zero-order valence-electron chi connectivity index (χ0n) is 9.28. The van der Waals surface area contributed by atoms with Gasteiger partial charge in [0.15, 0.2) is 5.16 Å². The first-order valence-electron chi connectivity index (χ1n) is 5.12. The minimum atomic E-state index is -0.865. The molecule has 0 fully saturated rings. The number of thioether (sulfide) groups is 1. The van der Waals surface area contributed by atoms with Crippen molar-refractivity contribution in [3.05, 3.63) is 40.6 Å². The van der Waals surface area contributed by atoms with Crippen molar-refractivity contribution in [2.45, 2.75) is 11.7 Å². The molecule has 1 aromatic carbocycles. The number of hydrogen-bond acceptors (Lipinski definition) is 4. The maximum atomic E-state index is 10.5. The molecule has 5 nitrogen and oxygen atoms in total. The fourth-order valence-electron chi connectivity index (χ4n) is 1.40. The second-order valence-corrected chi connectivity index (χ2v) is 5.31. The van der Waals surface area contributed by atoms with Crippen LogP contribution in [0.2, 0.25) is 0 Å². The third kappa shape index (κ3) is 3.33. The summed E-state index contributed by atoms with van der Waals surface area (Å²) in [5.41, 5.74) is 1.09. The van der Waals surface area contributed by atoms with Crippen LogP contribution in [0, 0.1) is 0 Å². The number of benzene rings is 1. The number of carboxylic acid groups (broad SMARTS) is 1. The van der Waals surface area contributed by atoms with Gasteiger partial charge in [0.1, 0.15) is 6.33 Å². The molecule has 0 radical (unpaired) electrons. The zero-order valence-corrected chi connectivity index (χ0v) is 11.7. The van der Waals surface area contributed by atoms with Crippen LogP contribution >= 0.6 is 27.7 Å². The molecule has 0 aliphatic heterocycles. The van der Waals surface area contributed by atoms with Crippen molar-refractivity contribution in [1.82, 2.24) is 14.8 Å². The standard InChI is InChI=1S/C11H10BrN3O2S/c12-9-4-2-1-3-8(9)5-15-7-13-14-11(15)18-6-10(16)17/h1-4,7H,5-6H2,(H,16,17). The van der Waals surface area contributed by atoms with Crippen molar-refractivity contribution in [3.63, 3.8) is 0 Å². The first-order valence-corrected chi connectivity index (χ1v) is 6.90. The topological polar surface area (TPSA) is 68.0 Å². The van der Waals surface area contributed by atoms with E-state index in [1.807, 2.05) is 28.8 Å². The smallest absolute Gasteiger partial charge is 0.313 e. The second kappa shape index (κ2) is 6.01. The van der Waals surface area contributed by atoms with E-state index in [4.69, 9.17) is 5.11 Å². The summed E-state index contributed by atoms with van der Waals surface area (Å²) in [6.45, 7) is 0.608. The Labute approximate surface area is 116 Å². The molecule has 2 aromatic rings. The average Bonchev–Trinajstić information content (AvgIpc) is 2.77. The second-order valence-electron chi connectivity index (χ2n) is 3.52. The predicted octanol–water partition coefficient (Wildman–Crippen LogP) is 2.27. The van der Waals surface area contributed by atoms with Crippen LogP contribution in [0.15, 0.2) is 40.2 Å². The van der Waals surface area contributed by atoms with E-state index >= 15 is 0 Å². The summed E-state index contributed by atoms with van der Waals surface area (Å²) in [5, 5.41) is 17.0. The van der Waals surface area contributed by atoms with Crippen LogP contribution in [0.1, 0.15) is 5.56 Å². The lowest BCUT2D eigenvalue weighted by molar-refractivity contribution is -0.133. The average molecular weight is 328 g/mol. The fourth-order valence-corrected chi connectivity index (χ4v) is 2.45. The molecule has 18 heavy (non-hydrogen) atoms. The number of carbonyl (C=O) groups is 1. The minimum absolute atomic E-state index is 0.0192. The van der Waals surface area contributed by atoms with Crippen molar-refractivity contribution in [1.29, 1.82) is 0 Å². The highest BCUT2D eigenvalue weighted by atomic mass is 79.9. The summed E-state index contributed by atoms with van der Waals surface area (Å²) in [6, 6.07) is 7.85. The monoisotopic (exact) mass is 327 g/mol. The van der Waals surface area contributed by atoms with E-state index in [1.54, 1.807) is 6.33 Å². The Morgan fingerprint density at radius 2 is 2.22 bits per heavy atom. The molecule has 0 amide bonds. The lowest BCUT2D eigenvalue weighted by atomic mass is 10.2. The Morgan fingerprint density at radius 3 is 2.94 bits per heavy atom. The van der Waals surface area contributed by atoms with E-state index in [2.05, 4.69) is 26.1 Å². The Morgan fingerprint density at radius 1 is 1.44 bits per heavy atom.